The molecule has 3 N–H and O–H groups in total. The Morgan fingerprint density at radius 1 is 1.38 bits per heavy atom. The first-order valence-corrected chi connectivity index (χ1v) is 5.43. The molecule has 0 saturated carbocycles. The van der Waals surface area contributed by atoms with Crippen LogP contribution in [0.3, 0.4) is 0 Å². The third-order valence-corrected chi connectivity index (χ3v) is 2.15. The molecule has 90 valence electrons. The molecule has 0 bridgehead atoms. The molecule has 0 aliphatic carbocycles. The van der Waals surface area contributed by atoms with Gasteiger partial charge in [-0.15, -0.1) is 0 Å². The van der Waals surface area contributed by atoms with Crippen LogP contribution in [-0.2, 0) is 6.54 Å². The molecule has 1 aromatic carbocycles. The fourth-order valence-electron chi connectivity index (χ4n) is 1.39. The predicted molar refractivity (Wildman–Crippen MR) is 64.7 cm³/mol. The van der Waals surface area contributed by atoms with E-state index in [0.717, 1.165) is 17.7 Å². The number of aromatic hydroxyl groups is 1. The number of nitrogens with zero attached hydrogens (tertiary/aromatic N) is 1. The SMILES string of the molecule is CN(C)Cc1cc(OCCCN)ccc1O. The van der Waals surface area contributed by atoms with E-state index in [1.807, 2.05) is 25.1 Å². The minimum atomic E-state index is 0.305. The largest absolute Gasteiger partial charge is 0.508 e. The van der Waals surface area contributed by atoms with E-state index in [-0.39, 0.29) is 0 Å². The molecular formula is C12H20N2O2. The van der Waals surface area contributed by atoms with E-state index in [1.165, 1.54) is 0 Å². The van der Waals surface area contributed by atoms with Crippen LogP contribution in [0, 0.1) is 0 Å². The van der Waals surface area contributed by atoms with Crippen molar-refractivity contribution in [2.24, 2.45) is 5.73 Å². The predicted octanol–water partition coefficient (Wildman–Crippen LogP) is 1.18. The van der Waals surface area contributed by atoms with E-state index < -0.39 is 0 Å². The summed E-state index contributed by atoms with van der Waals surface area (Å²) in [5.41, 5.74) is 6.26. The first-order valence-electron chi connectivity index (χ1n) is 5.43. The van der Waals surface area contributed by atoms with Gasteiger partial charge in [-0.2, -0.15) is 0 Å². The molecule has 4 heteroatoms. The van der Waals surface area contributed by atoms with Gasteiger partial charge in [-0.05, 0) is 45.3 Å². The van der Waals surface area contributed by atoms with Crippen LogP contribution < -0.4 is 10.5 Å². The molecule has 0 aliphatic heterocycles. The maximum atomic E-state index is 9.65. The van der Waals surface area contributed by atoms with Gasteiger partial charge in [-0.25, -0.2) is 0 Å². The summed E-state index contributed by atoms with van der Waals surface area (Å²) in [7, 11) is 3.92. The monoisotopic (exact) mass is 224 g/mol. The van der Waals surface area contributed by atoms with Gasteiger partial charge in [0.25, 0.3) is 0 Å². The molecule has 0 radical (unpaired) electrons. The Kier molecular flexibility index (Phi) is 5.08. The van der Waals surface area contributed by atoms with Crippen LogP contribution in [0.2, 0.25) is 0 Å². The van der Waals surface area contributed by atoms with E-state index in [0.29, 0.717) is 25.4 Å². The molecule has 0 spiro atoms. The third-order valence-electron chi connectivity index (χ3n) is 2.15. The van der Waals surface area contributed by atoms with Gasteiger partial charge in [0.1, 0.15) is 11.5 Å². The fourth-order valence-corrected chi connectivity index (χ4v) is 1.39. The second kappa shape index (κ2) is 6.35. The van der Waals surface area contributed by atoms with Gasteiger partial charge in [-0.3, -0.25) is 0 Å². The number of hydrogen-bond acceptors (Lipinski definition) is 4. The zero-order chi connectivity index (χ0) is 12.0. The Bertz CT molecular complexity index is 327. The van der Waals surface area contributed by atoms with Gasteiger partial charge in [0, 0.05) is 12.1 Å². The Morgan fingerprint density at radius 3 is 2.75 bits per heavy atom. The van der Waals surface area contributed by atoms with Gasteiger partial charge < -0.3 is 20.5 Å². The fraction of sp³-hybridized carbons (Fsp3) is 0.500. The van der Waals surface area contributed by atoms with E-state index in [1.54, 1.807) is 12.1 Å². The van der Waals surface area contributed by atoms with E-state index in [2.05, 4.69) is 0 Å². The number of phenolic OH excluding ortho intramolecular Hbond substituents is 1. The Morgan fingerprint density at radius 2 is 2.12 bits per heavy atom. The highest BCUT2D eigenvalue weighted by molar-refractivity contribution is 5.39. The number of hydrogen-bond donors (Lipinski definition) is 2. The number of phenols is 1. The molecule has 4 nitrogen and oxygen atoms in total. The van der Waals surface area contributed by atoms with E-state index in [4.69, 9.17) is 10.5 Å². The van der Waals surface area contributed by atoms with Crippen LogP contribution in [0.25, 0.3) is 0 Å². The summed E-state index contributed by atoms with van der Waals surface area (Å²) in [6.07, 6.45) is 0.837. The molecule has 1 rings (SSSR count). The first kappa shape index (κ1) is 12.8. The number of ether oxygens (including phenoxy) is 1. The van der Waals surface area contributed by atoms with Gasteiger partial charge in [0.15, 0.2) is 0 Å². The lowest BCUT2D eigenvalue weighted by Gasteiger charge is -2.13. The van der Waals surface area contributed by atoms with Crippen LogP contribution in [0.15, 0.2) is 18.2 Å². The van der Waals surface area contributed by atoms with Crippen molar-refractivity contribution in [3.8, 4) is 11.5 Å². The number of benzene rings is 1. The minimum Gasteiger partial charge on any atom is -0.508 e. The zero-order valence-electron chi connectivity index (χ0n) is 9.94. The van der Waals surface area contributed by atoms with Crippen molar-refractivity contribution in [1.82, 2.24) is 4.90 Å². The Balaban J connectivity index is 2.65. The normalized spacial score (nSPS) is 10.8. The van der Waals surface area contributed by atoms with Crippen LogP contribution in [-0.4, -0.2) is 37.3 Å². The molecule has 0 atom stereocenters. The standard InChI is InChI=1S/C12H20N2O2/c1-14(2)9-10-8-11(4-5-12(10)15)16-7-3-6-13/h4-5,8,15H,3,6-7,9,13H2,1-2H3. The summed E-state index contributed by atoms with van der Waals surface area (Å²) in [5.74, 6) is 1.09. The van der Waals surface area contributed by atoms with Crippen molar-refractivity contribution in [2.45, 2.75) is 13.0 Å². The van der Waals surface area contributed by atoms with Crippen LogP contribution >= 0.6 is 0 Å². The van der Waals surface area contributed by atoms with Gasteiger partial charge in [0.05, 0.1) is 6.61 Å². The Labute approximate surface area is 96.6 Å². The zero-order valence-corrected chi connectivity index (χ0v) is 9.94. The van der Waals surface area contributed by atoms with Crippen molar-refractivity contribution in [3.05, 3.63) is 23.8 Å². The van der Waals surface area contributed by atoms with Crippen molar-refractivity contribution >= 4 is 0 Å². The molecule has 0 aromatic heterocycles. The molecule has 16 heavy (non-hydrogen) atoms. The smallest absolute Gasteiger partial charge is 0.120 e. The second-order valence-corrected chi connectivity index (χ2v) is 4.02. The topological polar surface area (TPSA) is 58.7 Å². The third kappa shape index (κ3) is 4.08. The maximum Gasteiger partial charge on any atom is 0.120 e. The van der Waals surface area contributed by atoms with Gasteiger partial charge in [-0.1, -0.05) is 0 Å². The Hall–Kier alpha value is -1.26. The summed E-state index contributed by atoms with van der Waals surface area (Å²) in [6, 6.07) is 5.30. The van der Waals surface area contributed by atoms with Crippen molar-refractivity contribution in [2.75, 3.05) is 27.2 Å². The highest BCUT2D eigenvalue weighted by Gasteiger charge is 2.04. The van der Waals surface area contributed by atoms with Gasteiger partial charge in [0.2, 0.25) is 0 Å². The molecule has 1 aromatic rings. The lowest BCUT2D eigenvalue weighted by molar-refractivity contribution is 0.311. The van der Waals surface area contributed by atoms with Crippen molar-refractivity contribution < 1.29 is 9.84 Å². The van der Waals surface area contributed by atoms with Crippen molar-refractivity contribution in [1.29, 1.82) is 0 Å². The summed E-state index contributed by atoms with van der Waals surface area (Å²) in [5, 5.41) is 9.65. The van der Waals surface area contributed by atoms with Crippen LogP contribution in [0.4, 0.5) is 0 Å². The van der Waals surface area contributed by atoms with E-state index >= 15 is 0 Å². The summed E-state index contributed by atoms with van der Waals surface area (Å²) >= 11 is 0. The maximum absolute atomic E-state index is 9.65. The lowest BCUT2D eigenvalue weighted by atomic mass is 10.2. The first-order chi connectivity index (χ1) is 7.63. The molecule has 0 heterocycles. The average molecular weight is 224 g/mol. The molecule has 0 amide bonds. The second-order valence-electron chi connectivity index (χ2n) is 4.02. The molecule has 0 unspecified atom stereocenters. The van der Waals surface area contributed by atoms with E-state index in [9.17, 15) is 5.11 Å². The number of rotatable bonds is 6. The summed E-state index contributed by atoms with van der Waals surface area (Å²) < 4.78 is 5.51. The molecule has 0 saturated heterocycles. The highest BCUT2D eigenvalue weighted by Crippen LogP contribution is 2.23. The van der Waals surface area contributed by atoms with Crippen LogP contribution in [0.5, 0.6) is 11.5 Å². The lowest BCUT2D eigenvalue weighted by Crippen LogP contribution is -2.11. The van der Waals surface area contributed by atoms with Gasteiger partial charge >= 0.3 is 0 Å². The average Bonchev–Trinajstić information content (AvgIpc) is 2.22. The van der Waals surface area contributed by atoms with Crippen molar-refractivity contribution in [3.63, 3.8) is 0 Å². The summed E-state index contributed by atoms with van der Waals surface area (Å²) in [4.78, 5) is 2.00. The molecular weight excluding hydrogens is 204 g/mol. The quantitative estimate of drug-likeness (QED) is 0.712. The molecule has 0 aliphatic rings. The minimum absolute atomic E-state index is 0.305. The summed E-state index contributed by atoms with van der Waals surface area (Å²) in [6.45, 7) is 1.94. The molecule has 0 fully saturated rings. The van der Waals surface area contributed by atoms with Crippen LogP contribution in [0.1, 0.15) is 12.0 Å². The number of nitrogens with two attached hydrogens (primary N) is 1. The highest BCUT2D eigenvalue weighted by atomic mass is 16.5.